The topological polar surface area (TPSA) is 66.6 Å². The minimum absolute atomic E-state index is 0.257. The molecule has 1 aromatic carbocycles. The highest BCUT2D eigenvalue weighted by molar-refractivity contribution is 9.10. The number of halogens is 1. The molecule has 5 nitrogen and oxygen atoms in total. The smallest absolute Gasteiger partial charge is 0.243 e. The maximum absolute atomic E-state index is 12.5. The minimum atomic E-state index is -3.44. The van der Waals surface area contributed by atoms with Gasteiger partial charge < -0.3 is 10.6 Å². The molecular formula is C12H18BrN3O2S. The predicted octanol–water partition coefficient (Wildman–Crippen LogP) is 1.36. The summed E-state index contributed by atoms with van der Waals surface area (Å²) in [5.41, 5.74) is 6.19. The van der Waals surface area contributed by atoms with Crippen LogP contribution in [-0.2, 0) is 10.0 Å². The summed E-state index contributed by atoms with van der Waals surface area (Å²) >= 11 is 3.27. The second-order valence-electron chi connectivity index (χ2n) is 4.95. The highest BCUT2D eigenvalue weighted by atomic mass is 79.9. The molecule has 1 heterocycles. The molecule has 1 unspecified atom stereocenters. The summed E-state index contributed by atoms with van der Waals surface area (Å²) in [4.78, 5) is 2.32. The number of rotatable bonds is 3. The van der Waals surface area contributed by atoms with Crippen LogP contribution >= 0.6 is 15.9 Å². The van der Waals surface area contributed by atoms with E-state index in [4.69, 9.17) is 5.73 Å². The average molecular weight is 348 g/mol. The van der Waals surface area contributed by atoms with Crippen LogP contribution in [0.3, 0.4) is 0 Å². The van der Waals surface area contributed by atoms with Crippen molar-refractivity contribution in [2.24, 2.45) is 0 Å². The van der Waals surface area contributed by atoms with E-state index in [-0.39, 0.29) is 10.9 Å². The lowest BCUT2D eigenvalue weighted by atomic mass is 10.2. The van der Waals surface area contributed by atoms with Crippen LogP contribution in [0.1, 0.15) is 6.42 Å². The van der Waals surface area contributed by atoms with Gasteiger partial charge in [0.25, 0.3) is 0 Å². The molecule has 1 aliphatic heterocycles. The molecule has 1 aliphatic rings. The molecule has 1 saturated heterocycles. The van der Waals surface area contributed by atoms with E-state index in [9.17, 15) is 8.42 Å². The maximum atomic E-state index is 12.5. The SMILES string of the molecule is CN(C)C1CCN(S(=O)(=O)c2ccc(Br)c(N)c2)C1. The van der Waals surface area contributed by atoms with E-state index in [1.54, 1.807) is 12.1 Å². The number of hydrogen-bond acceptors (Lipinski definition) is 4. The van der Waals surface area contributed by atoms with E-state index in [0.29, 0.717) is 23.2 Å². The number of likely N-dealkylation sites (N-methyl/N-ethyl adjacent to an activating group) is 1. The van der Waals surface area contributed by atoms with Crippen LogP contribution in [-0.4, -0.2) is 50.8 Å². The molecule has 1 fully saturated rings. The van der Waals surface area contributed by atoms with Crippen molar-refractivity contribution in [2.45, 2.75) is 17.4 Å². The predicted molar refractivity (Wildman–Crippen MR) is 79.4 cm³/mol. The van der Waals surface area contributed by atoms with Gasteiger partial charge in [-0.1, -0.05) is 0 Å². The fourth-order valence-corrected chi connectivity index (χ4v) is 3.96. The zero-order valence-electron chi connectivity index (χ0n) is 11.0. The highest BCUT2D eigenvalue weighted by Crippen LogP contribution is 2.27. The van der Waals surface area contributed by atoms with Gasteiger partial charge in [-0.25, -0.2) is 8.42 Å². The minimum Gasteiger partial charge on any atom is -0.398 e. The first-order valence-corrected chi connectivity index (χ1v) is 8.27. The molecule has 0 aromatic heterocycles. The maximum Gasteiger partial charge on any atom is 0.243 e. The molecule has 0 saturated carbocycles. The van der Waals surface area contributed by atoms with E-state index >= 15 is 0 Å². The van der Waals surface area contributed by atoms with Crippen LogP contribution in [0.5, 0.6) is 0 Å². The number of nitrogens with zero attached hydrogens (tertiary/aromatic N) is 2. The van der Waals surface area contributed by atoms with Crippen LogP contribution in [0, 0.1) is 0 Å². The quantitative estimate of drug-likeness (QED) is 0.838. The molecule has 0 spiro atoms. The van der Waals surface area contributed by atoms with E-state index in [1.807, 2.05) is 14.1 Å². The monoisotopic (exact) mass is 347 g/mol. The first-order valence-electron chi connectivity index (χ1n) is 6.04. The third-order valence-corrected chi connectivity index (χ3v) is 6.04. The standard InChI is InChI=1S/C12H18BrN3O2S/c1-15(2)9-5-6-16(8-9)19(17,18)10-3-4-11(13)12(14)7-10/h3-4,7,9H,5-6,8,14H2,1-2H3. The Hall–Kier alpha value is -0.630. The molecule has 7 heteroatoms. The number of nitrogen functional groups attached to an aromatic ring is 1. The van der Waals surface area contributed by atoms with Crippen LogP contribution < -0.4 is 5.73 Å². The van der Waals surface area contributed by atoms with E-state index in [2.05, 4.69) is 20.8 Å². The van der Waals surface area contributed by atoms with E-state index < -0.39 is 10.0 Å². The van der Waals surface area contributed by atoms with Gasteiger partial charge in [-0.2, -0.15) is 4.31 Å². The van der Waals surface area contributed by atoms with Gasteiger partial charge in [0.1, 0.15) is 0 Å². The number of anilines is 1. The molecule has 0 amide bonds. The van der Waals surface area contributed by atoms with Gasteiger partial charge >= 0.3 is 0 Å². The van der Waals surface area contributed by atoms with Crippen molar-refractivity contribution in [3.63, 3.8) is 0 Å². The Morgan fingerprint density at radius 3 is 2.63 bits per heavy atom. The van der Waals surface area contributed by atoms with Gasteiger partial charge in [-0.3, -0.25) is 0 Å². The molecule has 1 atom stereocenters. The molecule has 106 valence electrons. The van der Waals surface area contributed by atoms with Crippen molar-refractivity contribution in [2.75, 3.05) is 32.9 Å². The second-order valence-corrected chi connectivity index (χ2v) is 7.74. The van der Waals surface area contributed by atoms with Crippen LogP contribution in [0.4, 0.5) is 5.69 Å². The normalized spacial score (nSPS) is 21.2. The molecule has 19 heavy (non-hydrogen) atoms. The average Bonchev–Trinajstić information content (AvgIpc) is 2.82. The summed E-state index contributed by atoms with van der Waals surface area (Å²) in [6, 6.07) is 5.03. The number of nitrogens with two attached hydrogens (primary N) is 1. The van der Waals surface area contributed by atoms with Gasteiger partial charge in [-0.15, -0.1) is 0 Å². The molecular weight excluding hydrogens is 330 g/mol. The fraction of sp³-hybridized carbons (Fsp3) is 0.500. The van der Waals surface area contributed by atoms with Crippen LogP contribution in [0.15, 0.2) is 27.6 Å². The number of benzene rings is 1. The summed E-state index contributed by atoms with van der Waals surface area (Å²) in [5.74, 6) is 0. The lowest BCUT2D eigenvalue weighted by Gasteiger charge is -2.20. The summed E-state index contributed by atoms with van der Waals surface area (Å²) in [7, 11) is 0.503. The van der Waals surface area contributed by atoms with Crippen molar-refractivity contribution in [1.29, 1.82) is 0 Å². The van der Waals surface area contributed by atoms with Gasteiger partial charge in [0.05, 0.1) is 4.90 Å². The Morgan fingerprint density at radius 2 is 2.11 bits per heavy atom. The van der Waals surface area contributed by atoms with Crippen molar-refractivity contribution >= 4 is 31.6 Å². The zero-order chi connectivity index (χ0) is 14.2. The third-order valence-electron chi connectivity index (χ3n) is 3.46. The molecule has 1 aromatic rings. The Bertz CT molecular complexity index is 574. The van der Waals surface area contributed by atoms with E-state index in [1.165, 1.54) is 10.4 Å². The van der Waals surface area contributed by atoms with Crippen LogP contribution in [0.25, 0.3) is 0 Å². The molecule has 2 rings (SSSR count). The fourth-order valence-electron chi connectivity index (χ4n) is 2.18. The van der Waals surface area contributed by atoms with Crippen molar-refractivity contribution < 1.29 is 8.42 Å². The zero-order valence-corrected chi connectivity index (χ0v) is 13.4. The highest BCUT2D eigenvalue weighted by Gasteiger charge is 2.33. The molecule has 0 aliphatic carbocycles. The van der Waals surface area contributed by atoms with Crippen LogP contribution in [0.2, 0.25) is 0 Å². The summed E-state index contributed by atoms with van der Waals surface area (Å²) in [6.45, 7) is 1.09. The lowest BCUT2D eigenvalue weighted by molar-refractivity contribution is 0.302. The summed E-state index contributed by atoms with van der Waals surface area (Å²) in [5, 5.41) is 0. The Balaban J connectivity index is 2.26. The summed E-state index contributed by atoms with van der Waals surface area (Å²) in [6.07, 6.45) is 0.859. The molecule has 0 bridgehead atoms. The lowest BCUT2D eigenvalue weighted by Crippen LogP contribution is -2.34. The number of sulfonamides is 1. The van der Waals surface area contributed by atoms with Crippen molar-refractivity contribution in [1.82, 2.24) is 9.21 Å². The second kappa shape index (κ2) is 5.40. The molecule has 2 N–H and O–H groups in total. The van der Waals surface area contributed by atoms with Gasteiger partial charge in [0.2, 0.25) is 10.0 Å². The Labute approximate surface area is 122 Å². The Kier molecular flexibility index (Phi) is 4.20. The largest absolute Gasteiger partial charge is 0.398 e. The van der Waals surface area contributed by atoms with Gasteiger partial charge in [-0.05, 0) is 54.6 Å². The van der Waals surface area contributed by atoms with Crippen molar-refractivity contribution in [3.05, 3.63) is 22.7 Å². The third kappa shape index (κ3) is 2.94. The van der Waals surface area contributed by atoms with Gasteiger partial charge in [0.15, 0.2) is 0 Å². The van der Waals surface area contributed by atoms with Crippen molar-refractivity contribution in [3.8, 4) is 0 Å². The molecule has 0 radical (unpaired) electrons. The number of hydrogen-bond donors (Lipinski definition) is 1. The van der Waals surface area contributed by atoms with E-state index in [0.717, 1.165) is 6.42 Å². The first kappa shape index (κ1) is 14.8. The van der Waals surface area contributed by atoms with Gasteiger partial charge in [0, 0.05) is 29.3 Å². The summed E-state index contributed by atoms with van der Waals surface area (Å²) < 4.78 is 27.2. The Morgan fingerprint density at radius 1 is 1.42 bits per heavy atom. The first-order chi connectivity index (χ1) is 8.82.